The van der Waals surface area contributed by atoms with Crippen molar-refractivity contribution in [3.05, 3.63) is 76.9 Å². The molecule has 3 rings (SSSR count). The largest absolute Gasteiger partial charge is 0.490 e. The predicted molar refractivity (Wildman–Crippen MR) is 117 cm³/mol. The summed E-state index contributed by atoms with van der Waals surface area (Å²) in [6.07, 6.45) is 4.32. The SMILES string of the molecule is C=CCCOc1ccc(C2CCC(c3ccc(C(O)CCC)c(F)c3F)CC2)c(F)c1F. The van der Waals surface area contributed by atoms with Crippen LogP contribution in [0.15, 0.2) is 36.9 Å². The summed E-state index contributed by atoms with van der Waals surface area (Å²) < 4.78 is 63.6. The molecule has 6 heteroatoms. The molecule has 1 N–H and O–H groups in total. The van der Waals surface area contributed by atoms with E-state index < -0.39 is 29.4 Å². The van der Waals surface area contributed by atoms with Gasteiger partial charge in [0.2, 0.25) is 5.82 Å². The number of rotatable bonds is 9. The number of hydrogen-bond acceptors (Lipinski definition) is 2. The molecule has 1 atom stereocenters. The fraction of sp³-hybridized carbons (Fsp3) is 0.462. The first kappa shape index (κ1) is 24.3. The van der Waals surface area contributed by atoms with E-state index in [-0.39, 0.29) is 35.3 Å². The Bertz CT molecular complexity index is 936. The highest BCUT2D eigenvalue weighted by atomic mass is 19.2. The van der Waals surface area contributed by atoms with E-state index in [0.717, 1.165) is 0 Å². The molecule has 1 aliphatic rings. The minimum absolute atomic E-state index is 0.0188. The lowest BCUT2D eigenvalue weighted by molar-refractivity contribution is 0.160. The Morgan fingerprint density at radius 3 is 2.06 bits per heavy atom. The Kier molecular flexibility index (Phi) is 8.35. The van der Waals surface area contributed by atoms with Crippen molar-refractivity contribution in [2.45, 2.75) is 69.8 Å². The third-order valence-electron chi connectivity index (χ3n) is 6.33. The molecule has 0 spiro atoms. The lowest BCUT2D eigenvalue weighted by atomic mass is 9.75. The van der Waals surface area contributed by atoms with E-state index in [9.17, 15) is 22.7 Å². The maximum Gasteiger partial charge on any atom is 0.200 e. The molecule has 2 aromatic carbocycles. The van der Waals surface area contributed by atoms with E-state index in [0.29, 0.717) is 50.5 Å². The van der Waals surface area contributed by atoms with Crippen molar-refractivity contribution in [2.24, 2.45) is 0 Å². The summed E-state index contributed by atoms with van der Waals surface area (Å²) >= 11 is 0. The van der Waals surface area contributed by atoms with Crippen molar-refractivity contribution < 1.29 is 27.4 Å². The standard InChI is InChI=1S/C26H30F4O2/c1-3-5-15-32-22-14-13-19(24(28)26(22)30)17-9-7-16(8-10-17)18-11-12-20(21(31)6-4-2)25(29)23(18)27/h3,11-14,16-17,21,31H,1,4-10,15H2,2H3. The van der Waals surface area contributed by atoms with Crippen LogP contribution in [0.25, 0.3) is 0 Å². The average molecular weight is 451 g/mol. The van der Waals surface area contributed by atoms with Crippen molar-refractivity contribution in [2.75, 3.05) is 6.61 Å². The summed E-state index contributed by atoms with van der Waals surface area (Å²) in [5, 5.41) is 10.0. The van der Waals surface area contributed by atoms with Crippen molar-refractivity contribution in [3.63, 3.8) is 0 Å². The maximum absolute atomic E-state index is 14.7. The molecule has 32 heavy (non-hydrogen) atoms. The second kappa shape index (κ2) is 11.0. The Morgan fingerprint density at radius 1 is 0.938 bits per heavy atom. The van der Waals surface area contributed by atoms with Crippen LogP contribution in [0.3, 0.4) is 0 Å². The van der Waals surface area contributed by atoms with Crippen LogP contribution in [0, 0.1) is 23.3 Å². The highest BCUT2D eigenvalue weighted by Gasteiger charge is 2.30. The van der Waals surface area contributed by atoms with Crippen molar-refractivity contribution in [1.82, 2.24) is 0 Å². The predicted octanol–water partition coefficient (Wildman–Crippen LogP) is 7.47. The molecule has 0 bridgehead atoms. The van der Waals surface area contributed by atoms with E-state index in [1.165, 1.54) is 12.1 Å². The normalized spacial score (nSPS) is 19.6. The van der Waals surface area contributed by atoms with Gasteiger partial charge in [0.25, 0.3) is 0 Å². The average Bonchev–Trinajstić information content (AvgIpc) is 2.79. The highest BCUT2D eigenvalue weighted by molar-refractivity contribution is 5.35. The quantitative estimate of drug-likeness (QED) is 0.244. The third kappa shape index (κ3) is 5.17. The van der Waals surface area contributed by atoms with Crippen molar-refractivity contribution >= 4 is 0 Å². The first-order valence-electron chi connectivity index (χ1n) is 11.3. The van der Waals surface area contributed by atoms with E-state index in [1.54, 1.807) is 18.2 Å². The van der Waals surface area contributed by atoms with Crippen LogP contribution in [0.1, 0.15) is 86.5 Å². The summed E-state index contributed by atoms with van der Waals surface area (Å²) in [4.78, 5) is 0. The van der Waals surface area contributed by atoms with Crippen LogP contribution < -0.4 is 4.74 Å². The van der Waals surface area contributed by atoms with E-state index in [1.807, 2.05) is 6.92 Å². The molecular formula is C26H30F4O2. The number of hydrogen-bond donors (Lipinski definition) is 1. The van der Waals surface area contributed by atoms with Gasteiger partial charge in [-0.3, -0.25) is 0 Å². The molecule has 174 valence electrons. The van der Waals surface area contributed by atoms with Gasteiger partial charge in [-0.15, -0.1) is 6.58 Å². The molecule has 1 saturated carbocycles. The van der Waals surface area contributed by atoms with Gasteiger partial charge in [-0.1, -0.05) is 37.6 Å². The van der Waals surface area contributed by atoms with Crippen LogP contribution >= 0.6 is 0 Å². The number of halogens is 4. The summed E-state index contributed by atoms with van der Waals surface area (Å²) in [5.74, 6) is -4.33. The van der Waals surface area contributed by atoms with Gasteiger partial charge in [-0.25, -0.2) is 13.2 Å². The van der Waals surface area contributed by atoms with Gasteiger partial charge in [0, 0.05) is 5.56 Å². The second-order valence-corrected chi connectivity index (χ2v) is 8.43. The topological polar surface area (TPSA) is 29.5 Å². The fourth-order valence-corrected chi connectivity index (χ4v) is 4.52. The number of benzene rings is 2. The molecule has 1 fully saturated rings. The van der Waals surface area contributed by atoms with Crippen LogP contribution in [0.5, 0.6) is 5.75 Å². The van der Waals surface area contributed by atoms with Gasteiger partial charge in [0.15, 0.2) is 23.2 Å². The van der Waals surface area contributed by atoms with Gasteiger partial charge >= 0.3 is 0 Å². The van der Waals surface area contributed by atoms with Crippen molar-refractivity contribution in [1.29, 1.82) is 0 Å². The van der Waals surface area contributed by atoms with Crippen LogP contribution in [0.4, 0.5) is 17.6 Å². The van der Waals surface area contributed by atoms with Gasteiger partial charge in [0.1, 0.15) is 0 Å². The number of ether oxygens (including phenoxy) is 1. The minimum atomic E-state index is -1.03. The maximum atomic E-state index is 14.7. The first-order chi connectivity index (χ1) is 15.4. The molecule has 0 saturated heterocycles. The Morgan fingerprint density at radius 2 is 1.50 bits per heavy atom. The van der Waals surface area contributed by atoms with Gasteiger partial charge in [-0.2, -0.15) is 4.39 Å². The lowest BCUT2D eigenvalue weighted by Gasteiger charge is -2.30. The number of aliphatic hydroxyl groups excluding tert-OH is 1. The summed E-state index contributed by atoms with van der Waals surface area (Å²) in [6.45, 7) is 5.65. The Hall–Kier alpha value is -2.34. The summed E-state index contributed by atoms with van der Waals surface area (Å²) in [6, 6.07) is 6.00. The molecule has 0 aliphatic heterocycles. The third-order valence-corrected chi connectivity index (χ3v) is 6.33. The zero-order valence-corrected chi connectivity index (χ0v) is 18.4. The molecule has 1 aliphatic carbocycles. The zero-order chi connectivity index (χ0) is 23.3. The fourth-order valence-electron chi connectivity index (χ4n) is 4.52. The zero-order valence-electron chi connectivity index (χ0n) is 18.4. The Balaban J connectivity index is 1.70. The van der Waals surface area contributed by atoms with Crippen molar-refractivity contribution in [3.8, 4) is 5.75 Å². The number of aliphatic hydroxyl groups is 1. The molecule has 2 nitrogen and oxygen atoms in total. The molecule has 0 amide bonds. The minimum Gasteiger partial charge on any atom is -0.490 e. The monoisotopic (exact) mass is 450 g/mol. The second-order valence-electron chi connectivity index (χ2n) is 8.43. The van der Waals surface area contributed by atoms with E-state index in [4.69, 9.17) is 4.74 Å². The summed E-state index contributed by atoms with van der Waals surface area (Å²) in [5.41, 5.74) is 0.558. The molecule has 0 heterocycles. The van der Waals surface area contributed by atoms with Crippen LogP contribution in [-0.4, -0.2) is 11.7 Å². The molecular weight excluding hydrogens is 420 g/mol. The van der Waals surface area contributed by atoms with Crippen LogP contribution in [-0.2, 0) is 0 Å². The molecule has 0 radical (unpaired) electrons. The van der Waals surface area contributed by atoms with Gasteiger partial charge in [-0.05, 0) is 67.6 Å². The van der Waals surface area contributed by atoms with E-state index >= 15 is 0 Å². The first-order valence-corrected chi connectivity index (χ1v) is 11.3. The molecule has 1 unspecified atom stereocenters. The van der Waals surface area contributed by atoms with Gasteiger partial charge < -0.3 is 9.84 Å². The Labute approximate surface area is 186 Å². The highest BCUT2D eigenvalue weighted by Crippen LogP contribution is 2.43. The molecule has 2 aromatic rings. The van der Waals surface area contributed by atoms with E-state index in [2.05, 4.69) is 6.58 Å². The van der Waals surface area contributed by atoms with Gasteiger partial charge in [0.05, 0.1) is 12.7 Å². The van der Waals surface area contributed by atoms with Crippen LogP contribution in [0.2, 0.25) is 0 Å². The smallest absolute Gasteiger partial charge is 0.200 e. The molecule has 0 aromatic heterocycles. The lowest BCUT2D eigenvalue weighted by Crippen LogP contribution is -2.16. The summed E-state index contributed by atoms with van der Waals surface area (Å²) in [7, 11) is 0.